The maximum atomic E-state index is 11.1. The van der Waals surface area contributed by atoms with E-state index in [1.54, 1.807) is 14.2 Å². The van der Waals surface area contributed by atoms with E-state index >= 15 is 0 Å². The molecule has 0 aliphatic rings. The number of carbonyl (C=O) groups is 1. The smallest absolute Gasteiger partial charge is 0.219 e. The van der Waals surface area contributed by atoms with Crippen LogP contribution in [0.25, 0.3) is 0 Å². The Kier molecular flexibility index (Phi) is 4.64. The highest BCUT2D eigenvalue weighted by Gasteiger charge is 2.05. The van der Waals surface area contributed by atoms with Gasteiger partial charge in [-0.1, -0.05) is 13.0 Å². The number of ether oxygens (including phenoxy) is 2. The normalized spacial score (nSPS) is 9.69. The summed E-state index contributed by atoms with van der Waals surface area (Å²) in [5.41, 5.74) is 0.986. The van der Waals surface area contributed by atoms with E-state index in [1.165, 1.54) is 0 Å². The Bertz CT molecular complexity index is 363. The van der Waals surface area contributed by atoms with Crippen LogP contribution in [0.5, 0.6) is 11.5 Å². The molecule has 0 aliphatic carbocycles. The number of methoxy groups -OCH3 is 2. The highest BCUT2D eigenvalue weighted by molar-refractivity contribution is 5.75. The average Bonchev–Trinajstić information content (AvgIpc) is 2.35. The van der Waals surface area contributed by atoms with Crippen LogP contribution in [0.15, 0.2) is 18.2 Å². The zero-order valence-corrected chi connectivity index (χ0v) is 9.87. The molecule has 1 N–H and O–H groups in total. The SMILES string of the molecule is CCC(=O)NCc1ccc(OC)c(OC)c1. The summed E-state index contributed by atoms with van der Waals surface area (Å²) < 4.78 is 10.3. The Hall–Kier alpha value is -1.71. The molecule has 4 nitrogen and oxygen atoms in total. The number of nitrogens with one attached hydrogen (secondary N) is 1. The van der Waals surface area contributed by atoms with E-state index in [2.05, 4.69) is 5.32 Å². The summed E-state index contributed by atoms with van der Waals surface area (Å²) in [4.78, 5) is 11.1. The first-order chi connectivity index (χ1) is 7.71. The molecule has 0 heterocycles. The predicted molar refractivity (Wildman–Crippen MR) is 61.7 cm³/mol. The Morgan fingerprint density at radius 3 is 2.50 bits per heavy atom. The molecule has 0 spiro atoms. The van der Waals surface area contributed by atoms with Crippen LogP contribution < -0.4 is 14.8 Å². The molecule has 0 atom stereocenters. The number of hydrogen-bond acceptors (Lipinski definition) is 3. The van der Waals surface area contributed by atoms with Crippen LogP contribution in [0.4, 0.5) is 0 Å². The van der Waals surface area contributed by atoms with Crippen LogP contribution in [0.3, 0.4) is 0 Å². The third-order valence-electron chi connectivity index (χ3n) is 2.26. The van der Waals surface area contributed by atoms with Crippen molar-refractivity contribution in [3.63, 3.8) is 0 Å². The first-order valence-corrected chi connectivity index (χ1v) is 5.18. The van der Waals surface area contributed by atoms with Crippen LogP contribution in [0.2, 0.25) is 0 Å². The lowest BCUT2D eigenvalue weighted by molar-refractivity contribution is -0.120. The fourth-order valence-corrected chi connectivity index (χ4v) is 1.32. The van der Waals surface area contributed by atoms with E-state index < -0.39 is 0 Å². The molecule has 16 heavy (non-hydrogen) atoms. The summed E-state index contributed by atoms with van der Waals surface area (Å²) in [6.45, 7) is 2.33. The summed E-state index contributed by atoms with van der Waals surface area (Å²) in [6.07, 6.45) is 0.493. The zero-order chi connectivity index (χ0) is 12.0. The van der Waals surface area contributed by atoms with Crippen LogP contribution in [-0.4, -0.2) is 20.1 Å². The second-order valence-electron chi connectivity index (χ2n) is 3.32. The number of carbonyl (C=O) groups excluding carboxylic acids is 1. The maximum absolute atomic E-state index is 11.1. The first-order valence-electron chi connectivity index (χ1n) is 5.18. The third kappa shape index (κ3) is 3.15. The molecule has 1 aromatic carbocycles. The Morgan fingerprint density at radius 1 is 1.25 bits per heavy atom. The fourth-order valence-electron chi connectivity index (χ4n) is 1.32. The molecule has 88 valence electrons. The van der Waals surface area contributed by atoms with Crippen molar-refractivity contribution in [2.24, 2.45) is 0 Å². The minimum Gasteiger partial charge on any atom is -0.493 e. The molecular formula is C12H17NO3. The Labute approximate surface area is 95.6 Å². The molecule has 0 aromatic heterocycles. The molecule has 0 bridgehead atoms. The van der Waals surface area contributed by atoms with Gasteiger partial charge in [-0.15, -0.1) is 0 Å². The predicted octanol–water partition coefficient (Wildman–Crippen LogP) is 1.73. The van der Waals surface area contributed by atoms with E-state index in [4.69, 9.17) is 9.47 Å². The average molecular weight is 223 g/mol. The van der Waals surface area contributed by atoms with Gasteiger partial charge in [0.2, 0.25) is 5.91 Å². The largest absolute Gasteiger partial charge is 0.493 e. The lowest BCUT2D eigenvalue weighted by atomic mass is 10.2. The van der Waals surface area contributed by atoms with E-state index in [9.17, 15) is 4.79 Å². The summed E-state index contributed by atoms with van der Waals surface area (Å²) in [5.74, 6) is 1.40. The van der Waals surface area contributed by atoms with Crippen molar-refractivity contribution >= 4 is 5.91 Å². The second-order valence-corrected chi connectivity index (χ2v) is 3.32. The zero-order valence-electron chi connectivity index (χ0n) is 9.87. The molecular weight excluding hydrogens is 206 g/mol. The van der Waals surface area contributed by atoms with Crippen molar-refractivity contribution in [1.82, 2.24) is 5.32 Å². The number of benzene rings is 1. The van der Waals surface area contributed by atoms with Gasteiger partial charge in [-0.25, -0.2) is 0 Å². The molecule has 0 saturated carbocycles. The van der Waals surface area contributed by atoms with Crippen LogP contribution >= 0.6 is 0 Å². The van der Waals surface area contributed by atoms with E-state index in [-0.39, 0.29) is 5.91 Å². The fraction of sp³-hybridized carbons (Fsp3) is 0.417. The molecule has 4 heteroatoms. The lowest BCUT2D eigenvalue weighted by Crippen LogP contribution is -2.21. The van der Waals surface area contributed by atoms with Gasteiger partial charge in [-0.2, -0.15) is 0 Å². The van der Waals surface area contributed by atoms with E-state index in [1.807, 2.05) is 25.1 Å². The molecule has 0 unspecified atom stereocenters. The van der Waals surface area contributed by atoms with Gasteiger partial charge < -0.3 is 14.8 Å². The lowest BCUT2D eigenvalue weighted by Gasteiger charge is -2.10. The van der Waals surface area contributed by atoms with E-state index in [0.29, 0.717) is 24.5 Å². The van der Waals surface area contributed by atoms with Crippen molar-refractivity contribution in [3.8, 4) is 11.5 Å². The van der Waals surface area contributed by atoms with E-state index in [0.717, 1.165) is 5.56 Å². The molecule has 1 amide bonds. The van der Waals surface area contributed by atoms with Gasteiger partial charge in [-0.3, -0.25) is 4.79 Å². The van der Waals surface area contributed by atoms with Gasteiger partial charge in [0.1, 0.15) is 0 Å². The monoisotopic (exact) mass is 223 g/mol. The van der Waals surface area contributed by atoms with Crippen LogP contribution in [0.1, 0.15) is 18.9 Å². The Morgan fingerprint density at radius 2 is 1.94 bits per heavy atom. The minimum atomic E-state index is 0.0368. The topological polar surface area (TPSA) is 47.6 Å². The van der Waals surface area contributed by atoms with Gasteiger partial charge in [0.25, 0.3) is 0 Å². The summed E-state index contributed by atoms with van der Waals surface area (Å²) >= 11 is 0. The minimum absolute atomic E-state index is 0.0368. The van der Waals surface area contributed by atoms with Crippen molar-refractivity contribution in [2.75, 3.05) is 14.2 Å². The number of hydrogen-bond donors (Lipinski definition) is 1. The van der Waals surface area contributed by atoms with Crippen molar-refractivity contribution in [1.29, 1.82) is 0 Å². The number of rotatable bonds is 5. The van der Waals surface area contributed by atoms with Gasteiger partial charge in [0.05, 0.1) is 14.2 Å². The van der Waals surface area contributed by atoms with Gasteiger partial charge >= 0.3 is 0 Å². The molecule has 0 saturated heterocycles. The highest BCUT2D eigenvalue weighted by atomic mass is 16.5. The van der Waals surface area contributed by atoms with Crippen molar-refractivity contribution < 1.29 is 14.3 Å². The van der Waals surface area contributed by atoms with Crippen molar-refractivity contribution in [3.05, 3.63) is 23.8 Å². The molecule has 0 fully saturated rings. The molecule has 1 rings (SSSR count). The highest BCUT2D eigenvalue weighted by Crippen LogP contribution is 2.27. The number of amides is 1. The standard InChI is InChI=1S/C12H17NO3/c1-4-12(14)13-8-9-5-6-10(15-2)11(7-9)16-3/h5-7H,4,8H2,1-3H3,(H,13,14). The van der Waals surface area contributed by atoms with Gasteiger partial charge in [0.15, 0.2) is 11.5 Å². The summed E-state index contributed by atoms with van der Waals surface area (Å²) in [6, 6.07) is 5.58. The summed E-state index contributed by atoms with van der Waals surface area (Å²) in [7, 11) is 3.18. The second kappa shape index (κ2) is 6.00. The third-order valence-corrected chi connectivity index (χ3v) is 2.26. The van der Waals surface area contributed by atoms with Crippen LogP contribution in [-0.2, 0) is 11.3 Å². The van der Waals surface area contributed by atoms with Crippen molar-refractivity contribution in [2.45, 2.75) is 19.9 Å². The molecule has 0 aliphatic heterocycles. The van der Waals surface area contributed by atoms with Gasteiger partial charge in [0, 0.05) is 13.0 Å². The summed E-state index contributed by atoms with van der Waals surface area (Å²) in [5, 5.41) is 2.80. The molecule has 0 radical (unpaired) electrons. The quantitative estimate of drug-likeness (QED) is 0.827. The first kappa shape index (κ1) is 12.4. The Balaban J connectivity index is 2.71. The van der Waals surface area contributed by atoms with Crippen LogP contribution in [0, 0.1) is 0 Å². The molecule has 1 aromatic rings. The van der Waals surface area contributed by atoms with Gasteiger partial charge in [-0.05, 0) is 17.7 Å². The maximum Gasteiger partial charge on any atom is 0.219 e.